The fourth-order valence-corrected chi connectivity index (χ4v) is 2.63. The number of hydrogen-bond donors (Lipinski definition) is 0. The molecule has 1 atom stereocenters. The Labute approximate surface area is 110 Å². The predicted molar refractivity (Wildman–Crippen MR) is 62.6 cm³/mol. The van der Waals surface area contributed by atoms with Gasteiger partial charge in [0.1, 0.15) is 6.04 Å². The minimum absolute atomic E-state index is 0.258. The lowest BCUT2D eigenvalue weighted by Crippen LogP contribution is -2.55. The molecule has 2 aliphatic rings. The van der Waals surface area contributed by atoms with E-state index in [-0.39, 0.29) is 12.0 Å². The van der Waals surface area contributed by atoms with E-state index in [9.17, 15) is 18.0 Å². The average Bonchev–Trinajstić information content (AvgIpc) is 3.14. The highest BCUT2D eigenvalue weighted by Crippen LogP contribution is 2.36. The second-order valence-corrected chi connectivity index (χ2v) is 5.23. The molecule has 0 amide bonds. The molecular weight excluding hydrogens is 261 g/mol. The Balaban J connectivity index is 1.86. The number of esters is 1. The van der Waals surface area contributed by atoms with Gasteiger partial charge in [0.05, 0.1) is 13.7 Å². The lowest BCUT2D eigenvalue weighted by molar-refractivity contribution is -0.156. The van der Waals surface area contributed by atoms with Crippen molar-refractivity contribution in [3.05, 3.63) is 0 Å². The average molecular weight is 280 g/mol. The van der Waals surface area contributed by atoms with Gasteiger partial charge in [-0.05, 0) is 18.8 Å². The summed E-state index contributed by atoms with van der Waals surface area (Å²) in [5, 5.41) is 0. The van der Waals surface area contributed by atoms with Crippen molar-refractivity contribution >= 4 is 5.97 Å². The molecule has 1 heterocycles. The van der Waals surface area contributed by atoms with Crippen LogP contribution in [0.4, 0.5) is 13.2 Å². The van der Waals surface area contributed by atoms with Crippen LogP contribution in [0.1, 0.15) is 12.8 Å². The zero-order chi connectivity index (χ0) is 14.0. The molecule has 1 aliphatic carbocycles. The third-order valence-corrected chi connectivity index (χ3v) is 3.71. The van der Waals surface area contributed by atoms with E-state index < -0.39 is 12.7 Å². The molecule has 7 heteroatoms. The number of piperazine rings is 1. The van der Waals surface area contributed by atoms with Crippen LogP contribution in [-0.4, -0.2) is 67.8 Å². The van der Waals surface area contributed by atoms with Crippen molar-refractivity contribution in [1.82, 2.24) is 9.80 Å². The summed E-state index contributed by atoms with van der Waals surface area (Å²) in [6, 6.07) is -0.266. The van der Waals surface area contributed by atoms with E-state index >= 15 is 0 Å². The molecule has 0 aromatic heterocycles. The Hall–Kier alpha value is -0.820. The molecule has 0 bridgehead atoms. The summed E-state index contributed by atoms with van der Waals surface area (Å²) in [5.74, 6) is 0.0633. The monoisotopic (exact) mass is 280 g/mol. The van der Waals surface area contributed by atoms with Crippen LogP contribution in [0, 0.1) is 5.92 Å². The third kappa shape index (κ3) is 4.07. The highest BCUT2D eigenvalue weighted by molar-refractivity contribution is 5.76. The van der Waals surface area contributed by atoms with Crippen LogP contribution >= 0.6 is 0 Å². The molecule has 1 aliphatic heterocycles. The molecular formula is C12H19F3N2O2. The summed E-state index contributed by atoms with van der Waals surface area (Å²) in [4.78, 5) is 15.1. The largest absolute Gasteiger partial charge is 0.468 e. The Morgan fingerprint density at radius 1 is 1.26 bits per heavy atom. The number of methoxy groups -OCH3 is 1. The summed E-state index contributed by atoms with van der Waals surface area (Å²) >= 11 is 0. The smallest absolute Gasteiger partial charge is 0.401 e. The quantitative estimate of drug-likeness (QED) is 0.722. The van der Waals surface area contributed by atoms with Gasteiger partial charge in [-0.2, -0.15) is 13.2 Å². The van der Waals surface area contributed by atoms with Crippen LogP contribution in [-0.2, 0) is 9.53 Å². The lowest BCUT2D eigenvalue weighted by atomic mass is 10.1. The maximum absolute atomic E-state index is 12.3. The Kier molecular flexibility index (Phi) is 4.35. The van der Waals surface area contributed by atoms with E-state index in [1.54, 1.807) is 0 Å². The Morgan fingerprint density at radius 3 is 2.26 bits per heavy atom. The van der Waals surface area contributed by atoms with Gasteiger partial charge >= 0.3 is 12.1 Å². The second-order valence-electron chi connectivity index (χ2n) is 5.23. The van der Waals surface area contributed by atoms with Crippen LogP contribution in [0.2, 0.25) is 0 Å². The topological polar surface area (TPSA) is 32.8 Å². The van der Waals surface area contributed by atoms with Crippen molar-refractivity contribution < 1.29 is 22.7 Å². The molecule has 1 unspecified atom stereocenters. The minimum Gasteiger partial charge on any atom is -0.468 e. The van der Waals surface area contributed by atoms with Gasteiger partial charge in [-0.15, -0.1) is 0 Å². The van der Waals surface area contributed by atoms with Gasteiger partial charge in [0.25, 0.3) is 0 Å². The molecule has 19 heavy (non-hydrogen) atoms. The van der Waals surface area contributed by atoms with Gasteiger partial charge in [0.15, 0.2) is 0 Å². The maximum Gasteiger partial charge on any atom is 0.401 e. The molecule has 2 fully saturated rings. The molecule has 0 aromatic rings. The molecule has 1 saturated heterocycles. The van der Waals surface area contributed by atoms with Gasteiger partial charge in [0.2, 0.25) is 0 Å². The first-order valence-electron chi connectivity index (χ1n) is 6.51. The fraction of sp³-hybridized carbons (Fsp3) is 0.917. The number of carbonyl (C=O) groups excluding carboxylic acids is 1. The Morgan fingerprint density at radius 2 is 1.84 bits per heavy atom. The van der Waals surface area contributed by atoms with Crippen LogP contribution in [0.15, 0.2) is 0 Å². The summed E-state index contributed by atoms with van der Waals surface area (Å²) in [6.45, 7) is 0.811. The Bertz CT molecular complexity index is 323. The molecule has 1 saturated carbocycles. The number of ether oxygens (including phenoxy) is 1. The third-order valence-electron chi connectivity index (χ3n) is 3.71. The summed E-state index contributed by atoms with van der Waals surface area (Å²) in [6.07, 6.45) is -2.15. The fourth-order valence-electron chi connectivity index (χ4n) is 2.63. The highest BCUT2D eigenvalue weighted by Gasteiger charge is 2.42. The molecule has 4 nitrogen and oxygen atoms in total. The van der Waals surface area contributed by atoms with Gasteiger partial charge in [0, 0.05) is 26.2 Å². The van der Waals surface area contributed by atoms with E-state index in [0.29, 0.717) is 32.1 Å². The zero-order valence-electron chi connectivity index (χ0n) is 10.9. The zero-order valence-corrected chi connectivity index (χ0v) is 10.9. The molecule has 110 valence electrons. The van der Waals surface area contributed by atoms with Gasteiger partial charge < -0.3 is 4.74 Å². The SMILES string of the molecule is COC(=O)C(C1CC1)N1CCN(CC(F)(F)F)CC1. The lowest BCUT2D eigenvalue weighted by Gasteiger charge is -2.38. The van der Waals surface area contributed by atoms with Crippen molar-refractivity contribution in [2.45, 2.75) is 25.1 Å². The van der Waals surface area contributed by atoms with Crippen molar-refractivity contribution in [3.63, 3.8) is 0 Å². The predicted octanol–water partition coefficient (Wildman–Crippen LogP) is 1.12. The van der Waals surface area contributed by atoms with Crippen molar-refractivity contribution in [2.75, 3.05) is 39.8 Å². The van der Waals surface area contributed by atoms with Crippen LogP contribution < -0.4 is 0 Å². The number of rotatable bonds is 4. The van der Waals surface area contributed by atoms with E-state index in [2.05, 4.69) is 0 Å². The molecule has 0 N–H and O–H groups in total. The van der Waals surface area contributed by atoms with E-state index in [0.717, 1.165) is 12.8 Å². The molecule has 2 rings (SSSR count). The summed E-state index contributed by atoms with van der Waals surface area (Å²) in [5.41, 5.74) is 0. The van der Waals surface area contributed by atoms with Crippen molar-refractivity contribution in [3.8, 4) is 0 Å². The van der Waals surface area contributed by atoms with Crippen LogP contribution in [0.25, 0.3) is 0 Å². The van der Waals surface area contributed by atoms with E-state index in [4.69, 9.17) is 4.74 Å². The number of nitrogens with zero attached hydrogens (tertiary/aromatic N) is 2. The standard InChI is InChI=1S/C12H19F3N2O2/c1-19-11(18)10(9-2-3-9)17-6-4-16(5-7-17)8-12(13,14)15/h9-10H,2-8H2,1H3. The number of hydrogen-bond acceptors (Lipinski definition) is 4. The van der Waals surface area contributed by atoms with Crippen molar-refractivity contribution in [1.29, 1.82) is 0 Å². The van der Waals surface area contributed by atoms with Gasteiger partial charge in [-0.25, -0.2) is 0 Å². The number of halogens is 3. The first kappa shape index (κ1) is 14.6. The number of carbonyl (C=O) groups is 1. The first-order valence-corrected chi connectivity index (χ1v) is 6.51. The number of alkyl halides is 3. The second kappa shape index (κ2) is 5.66. The molecule has 0 spiro atoms. The van der Waals surface area contributed by atoms with Crippen molar-refractivity contribution in [2.24, 2.45) is 5.92 Å². The summed E-state index contributed by atoms with van der Waals surface area (Å²) < 4.78 is 41.7. The molecule has 0 radical (unpaired) electrons. The first-order chi connectivity index (χ1) is 8.90. The normalized spacial score (nSPS) is 24.2. The summed E-state index contributed by atoms with van der Waals surface area (Å²) in [7, 11) is 1.36. The minimum atomic E-state index is -4.15. The van der Waals surface area contributed by atoms with Gasteiger partial charge in [-0.3, -0.25) is 14.6 Å². The molecule has 0 aromatic carbocycles. The van der Waals surface area contributed by atoms with Crippen LogP contribution in [0.5, 0.6) is 0 Å². The van der Waals surface area contributed by atoms with Crippen LogP contribution in [0.3, 0.4) is 0 Å². The van der Waals surface area contributed by atoms with E-state index in [1.165, 1.54) is 12.0 Å². The maximum atomic E-state index is 12.3. The van der Waals surface area contributed by atoms with E-state index in [1.807, 2.05) is 4.90 Å². The highest BCUT2D eigenvalue weighted by atomic mass is 19.4. The van der Waals surface area contributed by atoms with Gasteiger partial charge in [-0.1, -0.05) is 0 Å².